The number of nitrogens with zero attached hydrogens (tertiary/aromatic N) is 4. The fourth-order valence-electron chi connectivity index (χ4n) is 2.61. The van der Waals surface area contributed by atoms with Gasteiger partial charge >= 0.3 is 0 Å². The third-order valence-corrected chi connectivity index (χ3v) is 3.97. The van der Waals surface area contributed by atoms with Gasteiger partial charge in [-0.2, -0.15) is 0 Å². The van der Waals surface area contributed by atoms with E-state index in [-0.39, 0.29) is 24.1 Å². The number of benzene rings is 1. The number of aryl methyl sites for hydroxylation is 1. The molecule has 0 amide bonds. The smallest absolute Gasteiger partial charge is 0.274 e. The average molecular weight is 316 g/mol. The number of para-hydroxylation sites is 1. The topological polar surface area (TPSA) is 72.2 Å². The van der Waals surface area contributed by atoms with Crippen LogP contribution >= 0.6 is 0 Å². The van der Waals surface area contributed by atoms with Crippen molar-refractivity contribution in [1.29, 1.82) is 0 Å². The average Bonchev–Trinajstić information content (AvgIpc) is 3.38. The van der Waals surface area contributed by atoms with E-state index < -0.39 is 10.7 Å². The first-order valence-electron chi connectivity index (χ1n) is 7.60. The zero-order chi connectivity index (χ0) is 16.4. The van der Waals surface area contributed by atoms with Crippen LogP contribution in [0.3, 0.4) is 0 Å². The summed E-state index contributed by atoms with van der Waals surface area (Å²) < 4.78 is 14.6. The van der Waals surface area contributed by atoms with Crippen LogP contribution in [0.5, 0.6) is 0 Å². The lowest BCUT2D eigenvalue weighted by molar-refractivity contribution is -0.385. The number of nitro benzene ring substituents is 1. The molecular formula is C16H17FN4O2. The second kappa shape index (κ2) is 6.28. The lowest BCUT2D eigenvalue weighted by atomic mass is 10.1. The van der Waals surface area contributed by atoms with E-state index in [1.54, 1.807) is 18.2 Å². The molecule has 1 aliphatic rings. The Kier molecular flexibility index (Phi) is 4.18. The van der Waals surface area contributed by atoms with Gasteiger partial charge < -0.3 is 4.90 Å². The molecular weight excluding hydrogens is 299 g/mol. The maximum Gasteiger partial charge on any atom is 0.274 e. The number of hydrogen-bond acceptors (Lipinski definition) is 5. The number of hydrogen-bond donors (Lipinski definition) is 0. The molecule has 1 fully saturated rings. The summed E-state index contributed by atoms with van der Waals surface area (Å²) >= 11 is 0. The van der Waals surface area contributed by atoms with E-state index in [4.69, 9.17) is 0 Å². The Labute approximate surface area is 133 Å². The quantitative estimate of drug-likeness (QED) is 0.604. The zero-order valence-electron chi connectivity index (χ0n) is 12.8. The number of anilines is 1. The monoisotopic (exact) mass is 316 g/mol. The minimum atomic E-state index is -0.430. The number of halogens is 1. The molecule has 1 saturated carbocycles. The highest BCUT2D eigenvalue weighted by molar-refractivity contribution is 5.48. The minimum Gasteiger partial charge on any atom is -0.346 e. The molecule has 0 aliphatic heterocycles. The van der Waals surface area contributed by atoms with Crippen molar-refractivity contribution in [3.63, 3.8) is 0 Å². The molecule has 6 nitrogen and oxygen atoms in total. The fourth-order valence-corrected chi connectivity index (χ4v) is 2.61. The Morgan fingerprint density at radius 1 is 1.35 bits per heavy atom. The van der Waals surface area contributed by atoms with Gasteiger partial charge in [-0.1, -0.05) is 25.1 Å². The Bertz CT molecular complexity index is 734. The van der Waals surface area contributed by atoms with Gasteiger partial charge in [0.05, 0.1) is 17.2 Å². The van der Waals surface area contributed by atoms with Crippen molar-refractivity contribution in [3.8, 4) is 0 Å². The highest BCUT2D eigenvalue weighted by Gasteiger charge is 2.33. The van der Waals surface area contributed by atoms with Gasteiger partial charge in [0.15, 0.2) is 11.6 Å². The third-order valence-electron chi connectivity index (χ3n) is 3.97. The van der Waals surface area contributed by atoms with Crippen LogP contribution < -0.4 is 4.90 Å². The summed E-state index contributed by atoms with van der Waals surface area (Å²) in [7, 11) is 0. The summed E-state index contributed by atoms with van der Waals surface area (Å²) in [6, 6.07) is 6.72. The first-order chi connectivity index (χ1) is 11.1. The van der Waals surface area contributed by atoms with Crippen molar-refractivity contribution >= 4 is 11.5 Å². The van der Waals surface area contributed by atoms with Crippen LogP contribution in [-0.4, -0.2) is 20.9 Å². The summed E-state index contributed by atoms with van der Waals surface area (Å²) in [5.74, 6) is -0.196. The van der Waals surface area contributed by atoms with E-state index in [0.717, 1.165) is 12.8 Å². The standard InChI is InChI=1S/C16H17FN4O2/c1-2-13-15(17)16(19-10-18-13)20(12-7-8-12)9-11-5-3-4-6-14(11)21(22)23/h3-6,10,12H,2,7-9H2,1H3. The van der Waals surface area contributed by atoms with Gasteiger partial charge in [0.25, 0.3) is 5.69 Å². The van der Waals surface area contributed by atoms with E-state index >= 15 is 0 Å². The van der Waals surface area contributed by atoms with Crippen molar-refractivity contribution in [1.82, 2.24) is 9.97 Å². The molecule has 1 aliphatic carbocycles. The molecule has 7 heteroatoms. The van der Waals surface area contributed by atoms with Crippen molar-refractivity contribution in [2.45, 2.75) is 38.8 Å². The van der Waals surface area contributed by atoms with Gasteiger partial charge in [-0.15, -0.1) is 0 Å². The van der Waals surface area contributed by atoms with Crippen LogP contribution in [0.15, 0.2) is 30.6 Å². The molecule has 120 valence electrons. The highest BCUT2D eigenvalue weighted by Crippen LogP contribution is 2.35. The molecule has 0 spiro atoms. The van der Waals surface area contributed by atoms with Gasteiger partial charge in [0, 0.05) is 17.7 Å². The Morgan fingerprint density at radius 2 is 2.09 bits per heavy atom. The van der Waals surface area contributed by atoms with Crippen LogP contribution in [0, 0.1) is 15.9 Å². The number of rotatable bonds is 6. The third kappa shape index (κ3) is 3.13. The Hall–Kier alpha value is -2.57. The van der Waals surface area contributed by atoms with Gasteiger partial charge in [-0.05, 0) is 19.3 Å². The first-order valence-corrected chi connectivity index (χ1v) is 7.60. The lowest BCUT2D eigenvalue weighted by Gasteiger charge is -2.24. The maximum absolute atomic E-state index is 14.6. The SMILES string of the molecule is CCc1ncnc(N(Cc2ccccc2[N+](=O)[O-])C2CC2)c1F. The van der Waals surface area contributed by atoms with Crippen LogP contribution in [0.4, 0.5) is 15.9 Å². The highest BCUT2D eigenvalue weighted by atomic mass is 19.1. The molecule has 0 unspecified atom stereocenters. The van der Waals surface area contributed by atoms with Crippen molar-refractivity contribution in [3.05, 3.63) is 57.8 Å². The normalized spacial score (nSPS) is 13.8. The summed E-state index contributed by atoms with van der Waals surface area (Å²) in [6.45, 7) is 2.09. The Morgan fingerprint density at radius 3 is 2.74 bits per heavy atom. The maximum atomic E-state index is 14.6. The van der Waals surface area contributed by atoms with E-state index in [2.05, 4.69) is 9.97 Å². The van der Waals surface area contributed by atoms with Crippen LogP contribution in [0.25, 0.3) is 0 Å². The van der Waals surface area contributed by atoms with Crippen LogP contribution in [0.2, 0.25) is 0 Å². The van der Waals surface area contributed by atoms with Gasteiger partial charge in [0.2, 0.25) is 0 Å². The number of aromatic nitrogens is 2. The summed E-state index contributed by atoms with van der Waals surface area (Å²) in [5, 5.41) is 11.2. The molecule has 0 N–H and O–H groups in total. The van der Waals surface area contributed by atoms with Crippen LogP contribution in [-0.2, 0) is 13.0 Å². The fraction of sp³-hybridized carbons (Fsp3) is 0.375. The minimum absolute atomic E-state index is 0.0447. The van der Waals surface area contributed by atoms with Gasteiger partial charge in [-0.25, -0.2) is 14.4 Å². The number of nitro groups is 1. The molecule has 2 aromatic rings. The Balaban J connectivity index is 1.97. The van der Waals surface area contributed by atoms with Crippen molar-refractivity contribution in [2.24, 2.45) is 0 Å². The van der Waals surface area contributed by atoms with Crippen LogP contribution in [0.1, 0.15) is 31.0 Å². The molecule has 0 atom stereocenters. The predicted molar refractivity (Wildman–Crippen MR) is 83.7 cm³/mol. The van der Waals surface area contributed by atoms with E-state index in [1.807, 2.05) is 11.8 Å². The summed E-state index contributed by atoms with van der Waals surface area (Å²) in [5.41, 5.74) is 0.965. The molecule has 3 rings (SSSR count). The second-order valence-electron chi connectivity index (χ2n) is 5.56. The molecule has 1 heterocycles. The molecule has 0 bridgehead atoms. The summed E-state index contributed by atoms with van der Waals surface area (Å²) in [6.07, 6.45) is 3.70. The van der Waals surface area contributed by atoms with Gasteiger partial charge in [-0.3, -0.25) is 10.1 Å². The molecule has 0 radical (unpaired) electrons. The van der Waals surface area contributed by atoms with Crippen molar-refractivity contribution in [2.75, 3.05) is 4.90 Å². The largest absolute Gasteiger partial charge is 0.346 e. The molecule has 1 aromatic carbocycles. The second-order valence-corrected chi connectivity index (χ2v) is 5.56. The molecule has 0 saturated heterocycles. The zero-order valence-corrected chi connectivity index (χ0v) is 12.8. The van der Waals surface area contributed by atoms with Crippen molar-refractivity contribution < 1.29 is 9.31 Å². The lowest BCUT2D eigenvalue weighted by Crippen LogP contribution is -2.28. The summed E-state index contributed by atoms with van der Waals surface area (Å²) in [4.78, 5) is 20.6. The predicted octanol–water partition coefficient (Wildman–Crippen LogP) is 3.26. The van der Waals surface area contributed by atoms with E-state index in [0.29, 0.717) is 17.7 Å². The molecule has 1 aromatic heterocycles. The van der Waals surface area contributed by atoms with E-state index in [9.17, 15) is 14.5 Å². The molecule has 23 heavy (non-hydrogen) atoms. The van der Waals surface area contributed by atoms with E-state index in [1.165, 1.54) is 12.4 Å². The first kappa shape index (κ1) is 15.3. The van der Waals surface area contributed by atoms with Gasteiger partial charge in [0.1, 0.15) is 6.33 Å².